The van der Waals surface area contributed by atoms with E-state index in [1.807, 2.05) is 18.2 Å². The lowest BCUT2D eigenvalue weighted by molar-refractivity contribution is 0.0945. The van der Waals surface area contributed by atoms with Gasteiger partial charge in [0.05, 0.1) is 14.7 Å². The van der Waals surface area contributed by atoms with E-state index in [0.717, 1.165) is 26.8 Å². The van der Waals surface area contributed by atoms with Crippen LogP contribution in [0.3, 0.4) is 0 Å². The van der Waals surface area contributed by atoms with Crippen LogP contribution in [0.5, 0.6) is 0 Å². The summed E-state index contributed by atoms with van der Waals surface area (Å²) in [6.45, 7) is 5.56. The van der Waals surface area contributed by atoms with Crippen LogP contribution < -0.4 is 5.32 Å². The number of benzene rings is 1. The highest BCUT2D eigenvalue weighted by molar-refractivity contribution is 9.10. The maximum absolute atomic E-state index is 12.5. The third kappa shape index (κ3) is 3.21. The Labute approximate surface area is 148 Å². The Hall–Kier alpha value is -1.59. The van der Waals surface area contributed by atoms with Crippen molar-refractivity contribution in [2.75, 3.05) is 6.54 Å². The molecule has 0 bridgehead atoms. The number of amides is 1. The third-order valence-corrected chi connectivity index (χ3v) is 5.76. The Morgan fingerprint density at radius 3 is 2.87 bits per heavy atom. The van der Waals surface area contributed by atoms with E-state index in [4.69, 9.17) is 0 Å². The quantitative estimate of drug-likeness (QED) is 0.655. The number of fused-ring (bicyclic) bond motifs is 1. The van der Waals surface area contributed by atoms with Crippen molar-refractivity contribution in [2.24, 2.45) is 0 Å². The van der Waals surface area contributed by atoms with Gasteiger partial charge in [-0.15, -0.1) is 11.3 Å². The maximum atomic E-state index is 12.5. The van der Waals surface area contributed by atoms with Crippen molar-refractivity contribution in [3.05, 3.63) is 57.0 Å². The number of aromatic nitrogens is 1. The average Bonchev–Trinajstić information content (AvgIpc) is 3.08. The smallest absolute Gasteiger partial charge is 0.267 e. The fourth-order valence-corrected chi connectivity index (χ4v) is 4.36. The molecular weight excluding hydrogens is 372 g/mol. The first kappa shape index (κ1) is 16.3. The molecule has 0 spiro atoms. The average molecular weight is 391 g/mol. The van der Waals surface area contributed by atoms with Gasteiger partial charge >= 0.3 is 0 Å². The predicted molar refractivity (Wildman–Crippen MR) is 100 cm³/mol. The fraction of sp³-hybridized carbons (Fsp3) is 0.278. The van der Waals surface area contributed by atoms with E-state index < -0.39 is 0 Å². The number of aryl methyl sites for hydroxylation is 1. The Balaban J connectivity index is 2.07. The van der Waals surface area contributed by atoms with Crippen LogP contribution in [0.4, 0.5) is 0 Å². The number of nitrogens with one attached hydrogen (secondary N) is 1. The van der Waals surface area contributed by atoms with E-state index in [1.54, 1.807) is 11.3 Å². The van der Waals surface area contributed by atoms with Gasteiger partial charge in [-0.3, -0.25) is 4.79 Å². The molecule has 1 N–H and O–H groups in total. The topological polar surface area (TPSA) is 34.0 Å². The summed E-state index contributed by atoms with van der Waals surface area (Å²) >= 11 is 5.28. The molecule has 0 aliphatic heterocycles. The van der Waals surface area contributed by atoms with Crippen LogP contribution in [-0.2, 0) is 6.54 Å². The van der Waals surface area contributed by atoms with Gasteiger partial charge in [-0.2, -0.15) is 0 Å². The monoisotopic (exact) mass is 390 g/mol. The van der Waals surface area contributed by atoms with Crippen LogP contribution in [0.1, 0.15) is 35.0 Å². The van der Waals surface area contributed by atoms with Crippen molar-refractivity contribution in [1.29, 1.82) is 0 Å². The second-order valence-electron chi connectivity index (χ2n) is 5.59. The molecule has 0 saturated carbocycles. The zero-order valence-electron chi connectivity index (χ0n) is 13.2. The standard InChI is InChI=1S/C18H19BrN2OS/c1-3-8-20-18(22)15-9-16-17(14(19)11-23-16)21(15)10-13-7-5-4-6-12(13)2/h4-7,9,11H,3,8,10H2,1-2H3,(H,20,22). The number of rotatable bonds is 5. The molecule has 2 heterocycles. The minimum absolute atomic E-state index is 0.00395. The highest BCUT2D eigenvalue weighted by Gasteiger charge is 2.19. The van der Waals surface area contributed by atoms with Gasteiger partial charge in [0.2, 0.25) is 0 Å². The summed E-state index contributed by atoms with van der Waals surface area (Å²) in [5.41, 5.74) is 4.29. The lowest BCUT2D eigenvalue weighted by Crippen LogP contribution is -2.26. The van der Waals surface area contributed by atoms with Crippen molar-refractivity contribution in [2.45, 2.75) is 26.8 Å². The molecule has 2 aromatic heterocycles. The first-order chi connectivity index (χ1) is 11.1. The van der Waals surface area contributed by atoms with E-state index in [1.165, 1.54) is 11.1 Å². The second kappa shape index (κ2) is 6.89. The van der Waals surface area contributed by atoms with E-state index in [0.29, 0.717) is 13.1 Å². The normalized spacial score (nSPS) is 11.1. The number of carbonyl (C=O) groups is 1. The van der Waals surface area contributed by atoms with Gasteiger partial charge < -0.3 is 9.88 Å². The molecule has 0 saturated heterocycles. The van der Waals surface area contributed by atoms with Crippen LogP contribution in [0.2, 0.25) is 0 Å². The van der Waals surface area contributed by atoms with Crippen molar-refractivity contribution in [1.82, 2.24) is 9.88 Å². The van der Waals surface area contributed by atoms with Gasteiger partial charge in [-0.1, -0.05) is 31.2 Å². The SMILES string of the molecule is CCCNC(=O)c1cc2scc(Br)c2n1Cc1ccccc1C. The molecule has 0 aliphatic carbocycles. The molecule has 0 unspecified atom stereocenters. The van der Waals surface area contributed by atoms with Crippen molar-refractivity contribution in [3.63, 3.8) is 0 Å². The number of hydrogen-bond acceptors (Lipinski definition) is 2. The predicted octanol–water partition coefficient (Wildman–Crippen LogP) is 4.96. The number of thiophene rings is 1. The second-order valence-corrected chi connectivity index (χ2v) is 7.36. The van der Waals surface area contributed by atoms with Crippen molar-refractivity contribution >= 4 is 43.4 Å². The van der Waals surface area contributed by atoms with Crippen molar-refractivity contribution in [3.8, 4) is 0 Å². The Kier molecular flexibility index (Phi) is 4.87. The number of hydrogen-bond donors (Lipinski definition) is 1. The summed E-state index contributed by atoms with van der Waals surface area (Å²) in [7, 11) is 0. The summed E-state index contributed by atoms with van der Waals surface area (Å²) in [6, 6.07) is 10.3. The van der Waals surface area contributed by atoms with E-state index >= 15 is 0 Å². The van der Waals surface area contributed by atoms with Crippen molar-refractivity contribution < 1.29 is 4.79 Å². The maximum Gasteiger partial charge on any atom is 0.267 e. The summed E-state index contributed by atoms with van der Waals surface area (Å²) in [6.07, 6.45) is 0.933. The molecule has 1 aromatic carbocycles. The van der Waals surface area contributed by atoms with Gasteiger partial charge in [-0.25, -0.2) is 0 Å². The molecule has 23 heavy (non-hydrogen) atoms. The molecule has 3 aromatic rings. The van der Waals surface area contributed by atoms with E-state index in [-0.39, 0.29) is 5.91 Å². The van der Waals surface area contributed by atoms with Crippen LogP contribution in [-0.4, -0.2) is 17.0 Å². The first-order valence-corrected chi connectivity index (χ1v) is 9.38. The molecule has 3 nitrogen and oxygen atoms in total. The zero-order chi connectivity index (χ0) is 16.4. The molecule has 0 radical (unpaired) electrons. The Bertz CT molecular complexity index is 850. The van der Waals surface area contributed by atoms with Gasteiger partial charge in [-0.05, 0) is 46.5 Å². The summed E-state index contributed by atoms with van der Waals surface area (Å²) < 4.78 is 4.29. The summed E-state index contributed by atoms with van der Waals surface area (Å²) in [5.74, 6) is -0.00395. The zero-order valence-corrected chi connectivity index (χ0v) is 15.6. The Morgan fingerprint density at radius 2 is 2.13 bits per heavy atom. The molecule has 120 valence electrons. The van der Waals surface area contributed by atoms with Gasteiger partial charge in [0.15, 0.2) is 0 Å². The van der Waals surface area contributed by atoms with Crippen LogP contribution >= 0.6 is 27.3 Å². The molecular formula is C18H19BrN2OS. The van der Waals surface area contributed by atoms with Gasteiger partial charge in [0.25, 0.3) is 5.91 Å². The highest BCUT2D eigenvalue weighted by Crippen LogP contribution is 2.34. The molecule has 0 aliphatic rings. The number of carbonyl (C=O) groups excluding carboxylic acids is 1. The lowest BCUT2D eigenvalue weighted by Gasteiger charge is -2.13. The van der Waals surface area contributed by atoms with Crippen LogP contribution in [0, 0.1) is 6.92 Å². The number of nitrogens with zero attached hydrogens (tertiary/aromatic N) is 1. The third-order valence-electron chi connectivity index (χ3n) is 3.94. The minimum Gasteiger partial charge on any atom is -0.351 e. The summed E-state index contributed by atoms with van der Waals surface area (Å²) in [5, 5.41) is 5.07. The minimum atomic E-state index is -0.00395. The largest absolute Gasteiger partial charge is 0.351 e. The van der Waals surface area contributed by atoms with Crippen LogP contribution in [0.15, 0.2) is 40.2 Å². The molecule has 3 rings (SSSR count). The highest BCUT2D eigenvalue weighted by atomic mass is 79.9. The molecule has 5 heteroatoms. The van der Waals surface area contributed by atoms with Crippen LogP contribution in [0.25, 0.3) is 10.2 Å². The van der Waals surface area contributed by atoms with Gasteiger partial charge in [0.1, 0.15) is 5.69 Å². The van der Waals surface area contributed by atoms with Gasteiger partial charge in [0, 0.05) is 18.5 Å². The molecule has 0 atom stereocenters. The fourth-order valence-electron chi connectivity index (χ4n) is 2.67. The molecule has 0 fully saturated rings. The Morgan fingerprint density at radius 1 is 1.35 bits per heavy atom. The van der Waals surface area contributed by atoms with E-state index in [9.17, 15) is 4.79 Å². The molecule has 1 amide bonds. The lowest BCUT2D eigenvalue weighted by atomic mass is 10.1. The first-order valence-electron chi connectivity index (χ1n) is 7.70. The number of halogens is 1. The van der Waals surface area contributed by atoms with E-state index in [2.05, 4.69) is 57.2 Å². The summed E-state index contributed by atoms with van der Waals surface area (Å²) in [4.78, 5) is 12.5.